The first-order valence-corrected chi connectivity index (χ1v) is 7.94. The lowest BCUT2D eigenvalue weighted by atomic mass is 9.76. The second kappa shape index (κ2) is 4.64. The highest BCUT2D eigenvalue weighted by molar-refractivity contribution is 6.18. The highest BCUT2D eigenvalue weighted by atomic mass is 35.5. The summed E-state index contributed by atoms with van der Waals surface area (Å²) in [5, 5.41) is 0. The van der Waals surface area contributed by atoms with Gasteiger partial charge in [-0.05, 0) is 58.3 Å². The van der Waals surface area contributed by atoms with Crippen molar-refractivity contribution in [2.45, 2.75) is 70.2 Å². The number of hydrogen-bond donors (Lipinski definition) is 0. The van der Waals surface area contributed by atoms with Crippen LogP contribution in [0.2, 0.25) is 0 Å². The van der Waals surface area contributed by atoms with Gasteiger partial charge in [-0.2, -0.15) is 0 Å². The van der Waals surface area contributed by atoms with Gasteiger partial charge in [0.25, 0.3) is 0 Å². The van der Waals surface area contributed by atoms with Crippen LogP contribution in [0.1, 0.15) is 52.4 Å². The summed E-state index contributed by atoms with van der Waals surface area (Å²) >= 11 is 6.35. The zero-order chi connectivity index (χ0) is 12.8. The standard InChI is InChI=1S/C15H25ClO2/c1-14(2)6-5-12(18-14)9-15(10-16)7-8-17-13(15)11-3-4-11/h11-13H,3-10H2,1-2H3. The first-order valence-electron chi connectivity index (χ1n) is 7.40. The molecule has 0 aromatic rings. The van der Waals surface area contributed by atoms with Crippen LogP contribution in [0.3, 0.4) is 0 Å². The van der Waals surface area contributed by atoms with Crippen LogP contribution in [-0.2, 0) is 9.47 Å². The minimum Gasteiger partial charge on any atom is -0.377 e. The molecule has 3 unspecified atom stereocenters. The summed E-state index contributed by atoms with van der Waals surface area (Å²) in [6, 6.07) is 0. The monoisotopic (exact) mass is 272 g/mol. The fourth-order valence-corrected chi connectivity index (χ4v) is 4.23. The van der Waals surface area contributed by atoms with Gasteiger partial charge in [-0.15, -0.1) is 11.6 Å². The minimum absolute atomic E-state index is 0.0622. The fourth-order valence-electron chi connectivity index (χ4n) is 3.83. The maximum Gasteiger partial charge on any atom is 0.0672 e. The summed E-state index contributed by atoms with van der Waals surface area (Å²) in [6.45, 7) is 5.29. The molecule has 18 heavy (non-hydrogen) atoms. The number of halogens is 1. The third-order valence-corrected chi connectivity index (χ3v) is 5.54. The average molecular weight is 273 g/mol. The van der Waals surface area contributed by atoms with E-state index in [1.165, 1.54) is 25.7 Å². The zero-order valence-electron chi connectivity index (χ0n) is 11.6. The third-order valence-electron chi connectivity index (χ3n) is 5.01. The summed E-state index contributed by atoms with van der Waals surface area (Å²) in [4.78, 5) is 0. The Hall–Kier alpha value is 0.210. The summed E-state index contributed by atoms with van der Waals surface area (Å²) in [7, 11) is 0. The smallest absolute Gasteiger partial charge is 0.0672 e. The van der Waals surface area contributed by atoms with E-state index in [2.05, 4.69) is 13.8 Å². The minimum atomic E-state index is 0.0622. The van der Waals surface area contributed by atoms with Crippen molar-refractivity contribution >= 4 is 11.6 Å². The van der Waals surface area contributed by atoms with Crippen LogP contribution >= 0.6 is 11.6 Å². The lowest BCUT2D eigenvalue weighted by molar-refractivity contribution is -0.0478. The third kappa shape index (κ3) is 2.44. The predicted molar refractivity (Wildman–Crippen MR) is 73.0 cm³/mol. The molecule has 3 heteroatoms. The van der Waals surface area contributed by atoms with Gasteiger partial charge in [-0.3, -0.25) is 0 Å². The second-order valence-corrected chi connectivity index (χ2v) is 7.38. The van der Waals surface area contributed by atoms with Crippen molar-refractivity contribution in [3.8, 4) is 0 Å². The molecule has 0 radical (unpaired) electrons. The van der Waals surface area contributed by atoms with Gasteiger partial charge in [0.2, 0.25) is 0 Å². The summed E-state index contributed by atoms with van der Waals surface area (Å²) in [6.07, 6.45) is 8.04. The molecule has 3 rings (SSSR count). The van der Waals surface area contributed by atoms with E-state index in [1.54, 1.807) is 0 Å². The van der Waals surface area contributed by atoms with E-state index in [9.17, 15) is 0 Å². The molecule has 1 aliphatic carbocycles. The van der Waals surface area contributed by atoms with Crippen LogP contribution < -0.4 is 0 Å². The maximum absolute atomic E-state index is 6.35. The van der Waals surface area contributed by atoms with Crippen molar-refractivity contribution < 1.29 is 9.47 Å². The van der Waals surface area contributed by atoms with Crippen molar-refractivity contribution in [1.29, 1.82) is 0 Å². The maximum atomic E-state index is 6.35. The van der Waals surface area contributed by atoms with Crippen LogP contribution in [0.15, 0.2) is 0 Å². The largest absolute Gasteiger partial charge is 0.377 e. The van der Waals surface area contributed by atoms with Gasteiger partial charge in [0.1, 0.15) is 0 Å². The van der Waals surface area contributed by atoms with E-state index in [4.69, 9.17) is 21.1 Å². The summed E-state index contributed by atoms with van der Waals surface area (Å²) in [5.41, 5.74) is 0.251. The van der Waals surface area contributed by atoms with Crippen molar-refractivity contribution in [3.63, 3.8) is 0 Å². The molecule has 104 valence electrons. The van der Waals surface area contributed by atoms with E-state index in [1.807, 2.05) is 0 Å². The molecule has 2 heterocycles. The first-order chi connectivity index (χ1) is 8.55. The highest BCUT2D eigenvalue weighted by Crippen LogP contribution is 2.52. The Balaban J connectivity index is 1.68. The van der Waals surface area contributed by atoms with Crippen molar-refractivity contribution in [2.24, 2.45) is 11.3 Å². The number of rotatable bonds is 4. The number of hydrogen-bond acceptors (Lipinski definition) is 2. The Bertz CT molecular complexity index is 314. The van der Waals surface area contributed by atoms with E-state index in [0.29, 0.717) is 12.2 Å². The highest BCUT2D eigenvalue weighted by Gasteiger charge is 2.52. The van der Waals surface area contributed by atoms with Gasteiger partial charge in [0.15, 0.2) is 0 Å². The number of ether oxygens (including phenoxy) is 2. The van der Waals surface area contributed by atoms with E-state index < -0.39 is 0 Å². The second-order valence-electron chi connectivity index (χ2n) is 7.12. The molecule has 3 aliphatic rings. The fraction of sp³-hybridized carbons (Fsp3) is 1.00. The lowest BCUT2D eigenvalue weighted by Crippen LogP contribution is -2.38. The molecular weight excluding hydrogens is 248 g/mol. The molecule has 1 saturated carbocycles. The van der Waals surface area contributed by atoms with E-state index in [0.717, 1.165) is 31.2 Å². The van der Waals surface area contributed by atoms with Gasteiger partial charge >= 0.3 is 0 Å². The summed E-state index contributed by atoms with van der Waals surface area (Å²) < 4.78 is 12.2. The normalized spacial score (nSPS) is 43.5. The van der Waals surface area contributed by atoms with Gasteiger partial charge in [-0.1, -0.05) is 0 Å². The Kier molecular flexibility index (Phi) is 3.41. The molecule has 0 spiro atoms. The van der Waals surface area contributed by atoms with Gasteiger partial charge in [0.05, 0.1) is 17.8 Å². The quantitative estimate of drug-likeness (QED) is 0.726. The van der Waals surface area contributed by atoms with E-state index in [-0.39, 0.29) is 11.0 Å². The molecule has 0 amide bonds. The molecular formula is C15H25ClO2. The molecule has 2 saturated heterocycles. The SMILES string of the molecule is CC1(C)CCC(CC2(CCl)CCOC2C2CC2)O1. The summed E-state index contributed by atoms with van der Waals surface area (Å²) in [5.74, 6) is 1.51. The molecule has 0 aromatic heterocycles. The van der Waals surface area contributed by atoms with Gasteiger partial charge in [-0.25, -0.2) is 0 Å². The Morgan fingerprint density at radius 3 is 2.50 bits per heavy atom. The van der Waals surface area contributed by atoms with Crippen LogP contribution in [0, 0.1) is 11.3 Å². The van der Waals surface area contributed by atoms with Crippen molar-refractivity contribution in [2.75, 3.05) is 12.5 Å². The van der Waals surface area contributed by atoms with Crippen LogP contribution in [-0.4, -0.2) is 30.3 Å². The average Bonchev–Trinajstić information content (AvgIpc) is 2.99. The van der Waals surface area contributed by atoms with E-state index >= 15 is 0 Å². The first kappa shape index (κ1) is 13.2. The molecule has 2 nitrogen and oxygen atoms in total. The zero-order valence-corrected chi connectivity index (χ0v) is 12.3. The van der Waals surface area contributed by atoms with Gasteiger partial charge < -0.3 is 9.47 Å². The molecule has 0 bridgehead atoms. The van der Waals surface area contributed by atoms with Crippen molar-refractivity contribution in [1.82, 2.24) is 0 Å². The lowest BCUT2D eigenvalue weighted by Gasteiger charge is -2.35. The topological polar surface area (TPSA) is 18.5 Å². The Morgan fingerprint density at radius 1 is 1.17 bits per heavy atom. The molecule has 0 N–H and O–H groups in total. The molecule has 3 atom stereocenters. The van der Waals surface area contributed by atoms with Crippen LogP contribution in [0.5, 0.6) is 0 Å². The van der Waals surface area contributed by atoms with Gasteiger partial charge in [0, 0.05) is 17.9 Å². The predicted octanol–water partition coefficient (Wildman–Crippen LogP) is 3.76. The number of alkyl halides is 1. The Morgan fingerprint density at radius 2 is 1.94 bits per heavy atom. The van der Waals surface area contributed by atoms with Crippen molar-refractivity contribution in [3.05, 3.63) is 0 Å². The Labute approximate surface area is 115 Å². The molecule has 0 aromatic carbocycles. The molecule has 3 fully saturated rings. The van der Waals surface area contributed by atoms with Crippen LogP contribution in [0.25, 0.3) is 0 Å². The molecule has 2 aliphatic heterocycles. The van der Waals surface area contributed by atoms with Crippen LogP contribution in [0.4, 0.5) is 0 Å².